The molecule has 106 valence electrons. The van der Waals surface area contributed by atoms with E-state index in [1.165, 1.54) is 29.7 Å². The third-order valence-electron chi connectivity index (χ3n) is 2.85. The van der Waals surface area contributed by atoms with Crippen molar-refractivity contribution >= 4 is 50.4 Å². The molecule has 21 heavy (non-hydrogen) atoms. The smallest absolute Gasteiger partial charge is 0.266 e. The van der Waals surface area contributed by atoms with Crippen LogP contribution in [0.25, 0.3) is 10.1 Å². The summed E-state index contributed by atoms with van der Waals surface area (Å²) in [4.78, 5) is 12.8. The summed E-state index contributed by atoms with van der Waals surface area (Å²) in [5.41, 5.74) is 6.00. The van der Waals surface area contributed by atoms with Gasteiger partial charge in [-0.25, -0.2) is 4.39 Å². The van der Waals surface area contributed by atoms with Crippen molar-refractivity contribution < 1.29 is 9.18 Å². The van der Waals surface area contributed by atoms with Crippen molar-refractivity contribution in [2.45, 2.75) is 0 Å². The number of aromatic amines is 1. The molecule has 4 N–H and O–H groups in total. The standard InChI is InChI=1S/C13H9FN4OS2/c14-7-2-1-6-3-10(21-9(6)4-7)13(19)17-12-8(11(15)20)5-16-18-12/h1-5H,(H2,15,20)(H2,16,17,18,19). The van der Waals surface area contributed by atoms with Crippen LogP contribution in [-0.4, -0.2) is 21.1 Å². The molecule has 0 spiro atoms. The fourth-order valence-corrected chi connectivity index (χ4v) is 3.00. The Morgan fingerprint density at radius 3 is 3.00 bits per heavy atom. The molecule has 0 fully saturated rings. The molecule has 0 aliphatic carbocycles. The van der Waals surface area contributed by atoms with Gasteiger partial charge in [0.05, 0.1) is 16.6 Å². The van der Waals surface area contributed by atoms with Gasteiger partial charge in [0.2, 0.25) is 0 Å². The van der Waals surface area contributed by atoms with Gasteiger partial charge < -0.3 is 11.1 Å². The number of H-pyrrole nitrogens is 1. The van der Waals surface area contributed by atoms with Crippen molar-refractivity contribution in [3.05, 3.63) is 46.7 Å². The lowest BCUT2D eigenvalue weighted by Gasteiger charge is -2.02. The highest BCUT2D eigenvalue weighted by Crippen LogP contribution is 2.27. The van der Waals surface area contributed by atoms with Gasteiger partial charge in [-0.05, 0) is 23.6 Å². The van der Waals surface area contributed by atoms with Crippen LogP contribution in [0.1, 0.15) is 15.2 Å². The van der Waals surface area contributed by atoms with Crippen LogP contribution in [0.2, 0.25) is 0 Å². The van der Waals surface area contributed by atoms with E-state index in [2.05, 4.69) is 15.5 Å². The van der Waals surface area contributed by atoms with Crippen molar-refractivity contribution in [3.8, 4) is 0 Å². The second-order valence-electron chi connectivity index (χ2n) is 4.27. The summed E-state index contributed by atoms with van der Waals surface area (Å²) in [7, 11) is 0. The number of amides is 1. The normalized spacial score (nSPS) is 10.7. The number of hydrogen-bond acceptors (Lipinski definition) is 4. The molecule has 0 saturated carbocycles. The number of benzene rings is 1. The van der Waals surface area contributed by atoms with E-state index in [1.807, 2.05) is 0 Å². The number of thiophene rings is 1. The number of nitrogens with two attached hydrogens (primary N) is 1. The molecule has 2 aromatic heterocycles. The third kappa shape index (κ3) is 2.63. The van der Waals surface area contributed by atoms with Gasteiger partial charge in [-0.15, -0.1) is 11.3 Å². The van der Waals surface area contributed by atoms with E-state index in [4.69, 9.17) is 18.0 Å². The molecule has 3 rings (SSSR count). The Kier molecular flexibility index (Phi) is 3.40. The van der Waals surface area contributed by atoms with Crippen LogP contribution in [0, 0.1) is 5.82 Å². The molecule has 5 nitrogen and oxygen atoms in total. The number of aromatic nitrogens is 2. The van der Waals surface area contributed by atoms with Gasteiger partial charge in [-0.3, -0.25) is 9.89 Å². The molecule has 1 amide bonds. The summed E-state index contributed by atoms with van der Waals surface area (Å²) in [5, 5.41) is 9.88. The monoisotopic (exact) mass is 320 g/mol. The first-order valence-corrected chi connectivity index (χ1v) is 7.10. The second kappa shape index (κ2) is 5.23. The van der Waals surface area contributed by atoms with Crippen LogP contribution in [0.4, 0.5) is 10.2 Å². The molecule has 3 aromatic rings. The molecule has 2 heterocycles. The highest BCUT2D eigenvalue weighted by Gasteiger charge is 2.15. The molecule has 0 atom stereocenters. The number of thiocarbonyl (C=S) groups is 1. The highest BCUT2D eigenvalue weighted by atomic mass is 32.1. The number of hydrogen-bond donors (Lipinski definition) is 3. The zero-order valence-electron chi connectivity index (χ0n) is 10.5. The minimum Gasteiger partial charge on any atom is -0.389 e. The molecule has 0 aliphatic heterocycles. The SMILES string of the molecule is NC(=S)c1cn[nH]c1NC(=O)c1cc2ccc(F)cc2s1. The lowest BCUT2D eigenvalue weighted by Crippen LogP contribution is -2.16. The fourth-order valence-electron chi connectivity index (χ4n) is 1.86. The number of carbonyl (C=O) groups is 1. The Labute approximate surface area is 128 Å². The van der Waals surface area contributed by atoms with E-state index >= 15 is 0 Å². The van der Waals surface area contributed by atoms with Gasteiger partial charge >= 0.3 is 0 Å². The molecule has 0 saturated heterocycles. The van der Waals surface area contributed by atoms with E-state index in [1.54, 1.807) is 12.1 Å². The topological polar surface area (TPSA) is 83.8 Å². The summed E-state index contributed by atoms with van der Waals surface area (Å²) < 4.78 is 13.9. The van der Waals surface area contributed by atoms with Gasteiger partial charge in [0.15, 0.2) is 0 Å². The predicted molar refractivity (Wildman–Crippen MR) is 84.2 cm³/mol. The van der Waals surface area contributed by atoms with Gasteiger partial charge in [0.25, 0.3) is 5.91 Å². The number of nitrogens with one attached hydrogen (secondary N) is 2. The molecule has 0 aliphatic rings. The minimum absolute atomic E-state index is 0.137. The molecular formula is C13H9FN4OS2. The molecular weight excluding hydrogens is 311 g/mol. The van der Waals surface area contributed by atoms with Gasteiger partial charge in [0, 0.05) is 4.70 Å². The van der Waals surface area contributed by atoms with Gasteiger partial charge in [0.1, 0.15) is 16.6 Å². The molecule has 0 bridgehead atoms. The minimum atomic E-state index is -0.335. The maximum atomic E-state index is 13.2. The van der Waals surface area contributed by atoms with E-state index < -0.39 is 0 Å². The number of halogens is 1. The zero-order chi connectivity index (χ0) is 15.0. The largest absolute Gasteiger partial charge is 0.389 e. The Morgan fingerprint density at radius 1 is 1.43 bits per heavy atom. The molecule has 1 aromatic carbocycles. The van der Waals surface area contributed by atoms with Crippen LogP contribution in [0.15, 0.2) is 30.5 Å². The van der Waals surface area contributed by atoms with E-state index in [0.29, 0.717) is 21.0 Å². The first-order valence-electron chi connectivity index (χ1n) is 5.88. The summed E-state index contributed by atoms with van der Waals surface area (Å²) in [6.07, 6.45) is 1.44. The summed E-state index contributed by atoms with van der Waals surface area (Å²) in [5.74, 6) is -0.324. The number of rotatable bonds is 3. The van der Waals surface area contributed by atoms with Crippen molar-refractivity contribution in [1.29, 1.82) is 0 Å². The summed E-state index contributed by atoms with van der Waals surface area (Å²) in [6, 6.07) is 6.09. The quantitative estimate of drug-likeness (QED) is 0.648. The number of nitrogens with zero attached hydrogens (tertiary/aromatic N) is 1. The average molecular weight is 320 g/mol. The van der Waals surface area contributed by atoms with E-state index in [9.17, 15) is 9.18 Å². The Morgan fingerprint density at radius 2 is 2.24 bits per heavy atom. The average Bonchev–Trinajstić information content (AvgIpc) is 3.04. The Bertz CT molecular complexity index is 855. The first-order chi connectivity index (χ1) is 10.0. The Hall–Kier alpha value is -2.32. The fraction of sp³-hybridized carbons (Fsp3) is 0. The van der Waals surface area contributed by atoms with Crippen LogP contribution in [0.3, 0.4) is 0 Å². The first kappa shape index (κ1) is 13.7. The predicted octanol–water partition coefficient (Wildman–Crippen LogP) is 2.65. The summed E-state index contributed by atoms with van der Waals surface area (Å²) >= 11 is 6.07. The van der Waals surface area contributed by atoms with Gasteiger partial charge in [-0.1, -0.05) is 18.3 Å². The highest BCUT2D eigenvalue weighted by molar-refractivity contribution is 7.80. The van der Waals surface area contributed by atoms with E-state index in [0.717, 1.165) is 5.39 Å². The number of anilines is 1. The van der Waals surface area contributed by atoms with E-state index in [-0.39, 0.29) is 16.7 Å². The van der Waals surface area contributed by atoms with Crippen LogP contribution in [0.5, 0.6) is 0 Å². The van der Waals surface area contributed by atoms with Crippen LogP contribution in [-0.2, 0) is 0 Å². The lowest BCUT2D eigenvalue weighted by atomic mass is 10.2. The third-order valence-corrected chi connectivity index (χ3v) is 4.17. The maximum Gasteiger partial charge on any atom is 0.266 e. The number of fused-ring (bicyclic) bond motifs is 1. The maximum absolute atomic E-state index is 13.2. The molecule has 0 radical (unpaired) electrons. The van der Waals surface area contributed by atoms with Crippen molar-refractivity contribution in [3.63, 3.8) is 0 Å². The molecule has 0 unspecified atom stereocenters. The Balaban J connectivity index is 1.90. The van der Waals surface area contributed by atoms with Crippen LogP contribution >= 0.6 is 23.6 Å². The van der Waals surface area contributed by atoms with Gasteiger partial charge in [-0.2, -0.15) is 5.10 Å². The second-order valence-corrected chi connectivity index (χ2v) is 5.79. The van der Waals surface area contributed by atoms with Crippen molar-refractivity contribution in [2.75, 3.05) is 5.32 Å². The number of carbonyl (C=O) groups excluding carboxylic acids is 1. The van der Waals surface area contributed by atoms with Crippen LogP contribution < -0.4 is 11.1 Å². The van der Waals surface area contributed by atoms with Crippen molar-refractivity contribution in [1.82, 2.24) is 10.2 Å². The molecule has 8 heteroatoms. The zero-order valence-corrected chi connectivity index (χ0v) is 12.1. The lowest BCUT2D eigenvalue weighted by molar-refractivity contribution is 0.103. The van der Waals surface area contributed by atoms with Crippen molar-refractivity contribution in [2.24, 2.45) is 5.73 Å². The summed E-state index contributed by atoms with van der Waals surface area (Å²) in [6.45, 7) is 0.